The van der Waals surface area contributed by atoms with Gasteiger partial charge in [0.2, 0.25) is 0 Å². The molecular weight excluding hydrogens is 248 g/mol. The van der Waals surface area contributed by atoms with Crippen LogP contribution in [0.1, 0.15) is 39.0 Å². The summed E-state index contributed by atoms with van der Waals surface area (Å²) in [7, 11) is 0. The highest BCUT2D eigenvalue weighted by Crippen LogP contribution is 2.43. The number of aliphatic imine (C=N–C) groups is 1. The third kappa shape index (κ3) is 3.82. The zero-order valence-corrected chi connectivity index (χ0v) is 12.6. The fourth-order valence-corrected chi connectivity index (χ4v) is 4.12. The fraction of sp³-hybridized carbons (Fsp3) is 0.923. The molecule has 1 N–H and O–H groups in total. The minimum Gasteiger partial charge on any atom is -0.365 e. The molecule has 17 heavy (non-hydrogen) atoms. The van der Waals surface area contributed by atoms with E-state index in [1.807, 2.05) is 23.5 Å². The van der Waals surface area contributed by atoms with Gasteiger partial charge in [0, 0.05) is 24.1 Å². The molecule has 0 aromatic heterocycles. The molecule has 1 spiro atoms. The molecule has 2 nitrogen and oxygen atoms in total. The van der Waals surface area contributed by atoms with Crippen molar-refractivity contribution in [2.45, 2.75) is 44.3 Å². The van der Waals surface area contributed by atoms with Crippen LogP contribution in [0.2, 0.25) is 0 Å². The van der Waals surface area contributed by atoms with Crippen LogP contribution in [0.4, 0.5) is 0 Å². The smallest absolute Gasteiger partial charge is 0.156 e. The lowest BCUT2D eigenvalue weighted by atomic mass is 9.89. The SMILES string of the molecule is CSC(C)CCNC1=NCC2(CCCC2)CS1. The summed E-state index contributed by atoms with van der Waals surface area (Å²) in [4.78, 5) is 4.75. The van der Waals surface area contributed by atoms with Crippen molar-refractivity contribution < 1.29 is 0 Å². The monoisotopic (exact) mass is 272 g/mol. The third-order valence-corrected chi connectivity index (χ3v) is 6.31. The van der Waals surface area contributed by atoms with Gasteiger partial charge in [0.25, 0.3) is 0 Å². The van der Waals surface area contributed by atoms with Crippen molar-refractivity contribution >= 4 is 28.7 Å². The molecule has 0 aromatic rings. The van der Waals surface area contributed by atoms with Crippen molar-refractivity contribution in [2.75, 3.05) is 25.1 Å². The predicted molar refractivity (Wildman–Crippen MR) is 81.3 cm³/mol. The van der Waals surface area contributed by atoms with Gasteiger partial charge in [-0.2, -0.15) is 11.8 Å². The molecule has 1 aliphatic heterocycles. The number of hydrogen-bond acceptors (Lipinski definition) is 4. The van der Waals surface area contributed by atoms with Gasteiger partial charge in [-0.15, -0.1) is 0 Å². The van der Waals surface area contributed by atoms with Crippen molar-refractivity contribution in [2.24, 2.45) is 10.4 Å². The Hall–Kier alpha value is 0.170. The van der Waals surface area contributed by atoms with Gasteiger partial charge in [-0.3, -0.25) is 4.99 Å². The maximum Gasteiger partial charge on any atom is 0.156 e. The van der Waals surface area contributed by atoms with E-state index in [1.54, 1.807) is 0 Å². The van der Waals surface area contributed by atoms with E-state index in [0.717, 1.165) is 18.3 Å². The van der Waals surface area contributed by atoms with Crippen LogP contribution in [0.15, 0.2) is 4.99 Å². The average Bonchev–Trinajstić information content (AvgIpc) is 2.80. The maximum atomic E-state index is 4.75. The molecule has 1 saturated carbocycles. The van der Waals surface area contributed by atoms with E-state index in [1.165, 1.54) is 43.0 Å². The molecule has 0 bridgehead atoms. The molecule has 1 heterocycles. The largest absolute Gasteiger partial charge is 0.365 e. The second-order valence-corrected chi connectivity index (χ2v) is 7.62. The lowest BCUT2D eigenvalue weighted by Crippen LogP contribution is -2.34. The van der Waals surface area contributed by atoms with Crippen molar-refractivity contribution in [1.29, 1.82) is 0 Å². The minimum atomic E-state index is 0.572. The van der Waals surface area contributed by atoms with Gasteiger partial charge in [-0.05, 0) is 30.9 Å². The summed E-state index contributed by atoms with van der Waals surface area (Å²) in [6.45, 7) is 4.43. The molecule has 0 radical (unpaired) electrons. The summed E-state index contributed by atoms with van der Waals surface area (Å²) in [6, 6.07) is 0. The van der Waals surface area contributed by atoms with Crippen molar-refractivity contribution in [3.8, 4) is 0 Å². The van der Waals surface area contributed by atoms with Gasteiger partial charge in [0.15, 0.2) is 5.17 Å². The quantitative estimate of drug-likeness (QED) is 0.849. The van der Waals surface area contributed by atoms with Crippen LogP contribution in [0.25, 0.3) is 0 Å². The number of hydrogen-bond donors (Lipinski definition) is 1. The molecule has 1 fully saturated rings. The lowest BCUT2D eigenvalue weighted by molar-refractivity contribution is 0.358. The Morgan fingerprint density at radius 3 is 2.82 bits per heavy atom. The van der Waals surface area contributed by atoms with Crippen molar-refractivity contribution in [3.63, 3.8) is 0 Å². The average molecular weight is 272 g/mol. The second kappa shape index (κ2) is 6.37. The Morgan fingerprint density at radius 2 is 2.24 bits per heavy atom. The Balaban J connectivity index is 1.71. The standard InChI is InChI=1S/C13H24N2S2/c1-11(16-2)5-8-14-12-15-9-13(10-17-12)6-3-4-7-13/h11H,3-10H2,1-2H3,(H,14,15). The van der Waals surface area contributed by atoms with Crippen LogP contribution in [0.3, 0.4) is 0 Å². The van der Waals surface area contributed by atoms with Gasteiger partial charge in [0.1, 0.15) is 0 Å². The highest BCUT2D eigenvalue weighted by atomic mass is 32.2. The number of thioether (sulfide) groups is 2. The molecule has 0 saturated heterocycles. The molecule has 0 aromatic carbocycles. The summed E-state index contributed by atoms with van der Waals surface area (Å²) in [5.74, 6) is 1.29. The molecule has 98 valence electrons. The molecule has 1 atom stereocenters. The van der Waals surface area contributed by atoms with Crippen LogP contribution in [0.5, 0.6) is 0 Å². The summed E-state index contributed by atoms with van der Waals surface area (Å²) >= 11 is 3.89. The number of rotatable bonds is 4. The first-order valence-electron chi connectivity index (χ1n) is 6.68. The maximum absolute atomic E-state index is 4.75. The van der Waals surface area contributed by atoms with Crippen molar-refractivity contribution in [1.82, 2.24) is 5.32 Å². The van der Waals surface area contributed by atoms with E-state index < -0.39 is 0 Å². The Labute approximate surface area is 114 Å². The van der Waals surface area contributed by atoms with Crippen LogP contribution >= 0.6 is 23.5 Å². The topological polar surface area (TPSA) is 24.4 Å². The number of nitrogens with one attached hydrogen (secondary N) is 1. The van der Waals surface area contributed by atoms with Gasteiger partial charge in [0.05, 0.1) is 0 Å². The third-order valence-electron chi connectivity index (χ3n) is 3.97. The van der Waals surface area contributed by atoms with E-state index >= 15 is 0 Å². The van der Waals surface area contributed by atoms with Crippen LogP contribution in [-0.4, -0.2) is 35.5 Å². The summed E-state index contributed by atoms with van der Waals surface area (Å²) < 4.78 is 0. The van der Waals surface area contributed by atoms with Crippen LogP contribution < -0.4 is 5.32 Å². The summed E-state index contributed by atoms with van der Waals surface area (Å²) in [5.41, 5.74) is 0.572. The molecule has 1 unspecified atom stereocenters. The molecule has 2 aliphatic rings. The first-order chi connectivity index (χ1) is 8.24. The first-order valence-corrected chi connectivity index (χ1v) is 8.95. The molecule has 1 aliphatic carbocycles. The number of nitrogens with zero attached hydrogens (tertiary/aromatic N) is 1. The molecular formula is C13H24N2S2. The summed E-state index contributed by atoms with van der Waals surface area (Å²) in [5, 5.41) is 5.43. The Kier molecular flexibility index (Phi) is 5.10. The number of amidine groups is 1. The zero-order valence-electron chi connectivity index (χ0n) is 11.0. The molecule has 0 amide bonds. The van der Waals surface area contributed by atoms with Gasteiger partial charge in [-0.25, -0.2) is 0 Å². The molecule has 2 rings (SSSR count). The Morgan fingerprint density at radius 1 is 1.47 bits per heavy atom. The van der Waals surface area contributed by atoms with E-state index in [0.29, 0.717) is 5.41 Å². The van der Waals surface area contributed by atoms with Crippen molar-refractivity contribution in [3.05, 3.63) is 0 Å². The highest BCUT2D eigenvalue weighted by Gasteiger charge is 2.36. The lowest BCUT2D eigenvalue weighted by Gasteiger charge is -2.31. The van der Waals surface area contributed by atoms with E-state index in [2.05, 4.69) is 18.5 Å². The van der Waals surface area contributed by atoms with Gasteiger partial charge < -0.3 is 5.32 Å². The second-order valence-electron chi connectivity index (χ2n) is 5.38. The van der Waals surface area contributed by atoms with Crippen LogP contribution in [0, 0.1) is 5.41 Å². The van der Waals surface area contributed by atoms with Gasteiger partial charge >= 0.3 is 0 Å². The normalized spacial score (nSPS) is 24.7. The van der Waals surface area contributed by atoms with Crippen LogP contribution in [-0.2, 0) is 0 Å². The van der Waals surface area contributed by atoms with Gasteiger partial charge in [-0.1, -0.05) is 31.5 Å². The first kappa shape index (κ1) is 13.6. The fourth-order valence-electron chi connectivity index (χ4n) is 2.59. The van der Waals surface area contributed by atoms with E-state index in [4.69, 9.17) is 4.99 Å². The molecule has 4 heteroatoms. The highest BCUT2D eigenvalue weighted by molar-refractivity contribution is 8.13. The van der Waals surface area contributed by atoms with E-state index in [-0.39, 0.29) is 0 Å². The van der Waals surface area contributed by atoms with E-state index in [9.17, 15) is 0 Å². The predicted octanol–water partition coefficient (Wildman–Crippen LogP) is 3.38. The minimum absolute atomic E-state index is 0.572. The Bertz CT molecular complexity index is 273. The summed E-state index contributed by atoms with van der Waals surface area (Å²) in [6.07, 6.45) is 9.06. The zero-order chi connectivity index (χ0) is 12.1.